The summed E-state index contributed by atoms with van der Waals surface area (Å²) in [5.74, 6) is -2.83. The van der Waals surface area contributed by atoms with Crippen molar-refractivity contribution in [3.8, 4) is 0 Å². The van der Waals surface area contributed by atoms with Gasteiger partial charge in [-0.25, -0.2) is 33.0 Å². The zero-order valence-electron chi connectivity index (χ0n) is 24.5. The number of amides is 4. The molecule has 1 aromatic heterocycles. The molecule has 1 atom stereocenters. The first-order valence-electron chi connectivity index (χ1n) is 14.0. The Balaban J connectivity index is 1.37. The number of halogens is 5. The minimum absolute atomic E-state index is 0.00317. The van der Waals surface area contributed by atoms with Crippen LogP contribution in [-0.2, 0) is 20.7 Å². The highest BCUT2D eigenvalue weighted by Gasteiger charge is 2.43. The first kappa shape index (κ1) is 33.6. The molecule has 244 valence electrons. The number of hydrogen-bond acceptors (Lipinski definition) is 8. The number of aromatic nitrogens is 1. The molecule has 3 N–H and O–H groups in total. The molecule has 1 aromatic carbocycles. The van der Waals surface area contributed by atoms with Crippen molar-refractivity contribution < 1.29 is 45.8 Å². The van der Waals surface area contributed by atoms with E-state index >= 15 is 0 Å². The predicted octanol–water partition coefficient (Wildman–Crippen LogP) is 3.57. The highest BCUT2D eigenvalue weighted by molar-refractivity contribution is 6.01. The van der Waals surface area contributed by atoms with Gasteiger partial charge in [0.25, 0.3) is 0 Å². The van der Waals surface area contributed by atoms with Gasteiger partial charge >= 0.3 is 24.2 Å². The third-order valence-electron chi connectivity index (χ3n) is 7.37. The summed E-state index contributed by atoms with van der Waals surface area (Å²) in [5, 5.41) is 8.36. The Bertz CT molecular complexity index is 1430. The molecule has 0 saturated carbocycles. The lowest BCUT2D eigenvalue weighted by molar-refractivity contribution is -0.137. The Morgan fingerprint density at radius 1 is 1.07 bits per heavy atom. The van der Waals surface area contributed by atoms with Crippen molar-refractivity contribution in [2.24, 2.45) is 0 Å². The van der Waals surface area contributed by atoms with Crippen LogP contribution in [0.4, 0.5) is 37.4 Å². The average molecular weight is 641 g/mol. The molecule has 1 saturated heterocycles. The number of piperidine rings is 1. The Morgan fingerprint density at radius 3 is 2.44 bits per heavy atom. The lowest BCUT2D eigenvalue weighted by Crippen LogP contribution is -2.56. The Hall–Kier alpha value is -4.31. The molecule has 1 fully saturated rings. The van der Waals surface area contributed by atoms with E-state index in [2.05, 4.69) is 20.9 Å². The normalized spacial score (nSPS) is 17.8. The van der Waals surface area contributed by atoms with Crippen molar-refractivity contribution in [2.75, 3.05) is 51.9 Å². The van der Waals surface area contributed by atoms with Gasteiger partial charge < -0.3 is 30.3 Å². The van der Waals surface area contributed by atoms with Gasteiger partial charge in [-0.2, -0.15) is 13.2 Å². The number of urea groups is 2. The Labute approximate surface area is 255 Å². The molecule has 0 bridgehead atoms. The van der Waals surface area contributed by atoms with E-state index in [9.17, 15) is 36.3 Å². The van der Waals surface area contributed by atoms with Gasteiger partial charge in [0, 0.05) is 45.5 Å². The van der Waals surface area contributed by atoms with Crippen LogP contribution in [0.5, 0.6) is 0 Å². The highest BCUT2D eigenvalue weighted by Crippen LogP contribution is 2.35. The summed E-state index contributed by atoms with van der Waals surface area (Å²) in [6.45, 7) is 1.25. The van der Waals surface area contributed by atoms with Crippen LogP contribution in [0.3, 0.4) is 0 Å². The molecule has 16 heteroatoms. The number of carbonyl (C=O) groups excluding carboxylic acids is 3. The SMILES string of the molecule is COCC1=C(C(=O)OC)C(c2ccc(F)c(F)c2)N(C(=O)NCCNC2CCN(c3cc(CC(F)(F)F)ccn3)CC2)C(=O)N1. The van der Waals surface area contributed by atoms with Crippen LogP contribution in [0.15, 0.2) is 47.8 Å². The average Bonchev–Trinajstić information content (AvgIpc) is 2.99. The summed E-state index contributed by atoms with van der Waals surface area (Å²) in [7, 11) is 2.42. The van der Waals surface area contributed by atoms with E-state index in [-0.39, 0.29) is 41.6 Å². The van der Waals surface area contributed by atoms with E-state index < -0.39 is 48.3 Å². The second-order valence-corrected chi connectivity index (χ2v) is 10.5. The summed E-state index contributed by atoms with van der Waals surface area (Å²) in [5.41, 5.74) is -0.0927. The molecule has 1 unspecified atom stereocenters. The Kier molecular flexibility index (Phi) is 10.9. The number of carbonyl (C=O) groups is 3. The molecule has 0 spiro atoms. The Morgan fingerprint density at radius 2 is 1.80 bits per heavy atom. The van der Waals surface area contributed by atoms with Crippen molar-refractivity contribution in [1.29, 1.82) is 0 Å². The summed E-state index contributed by atoms with van der Waals surface area (Å²) >= 11 is 0. The van der Waals surface area contributed by atoms with Crippen molar-refractivity contribution >= 4 is 23.8 Å². The summed E-state index contributed by atoms with van der Waals surface area (Å²) in [4.78, 5) is 46.0. The van der Waals surface area contributed by atoms with Gasteiger partial charge in [0.15, 0.2) is 11.6 Å². The van der Waals surface area contributed by atoms with Crippen LogP contribution < -0.4 is 20.9 Å². The van der Waals surface area contributed by atoms with Crippen LogP contribution in [0.1, 0.15) is 30.0 Å². The van der Waals surface area contributed by atoms with Gasteiger partial charge in [-0.3, -0.25) is 0 Å². The number of pyridine rings is 1. The third-order valence-corrected chi connectivity index (χ3v) is 7.37. The van der Waals surface area contributed by atoms with Crippen molar-refractivity contribution in [3.63, 3.8) is 0 Å². The number of alkyl halides is 3. The van der Waals surface area contributed by atoms with Gasteiger partial charge in [-0.15, -0.1) is 0 Å². The first-order valence-corrected chi connectivity index (χ1v) is 14.0. The minimum atomic E-state index is -4.31. The van der Waals surface area contributed by atoms with Gasteiger partial charge in [0.2, 0.25) is 0 Å². The molecule has 2 aromatic rings. The van der Waals surface area contributed by atoms with Crippen LogP contribution >= 0.6 is 0 Å². The maximum absolute atomic E-state index is 14.2. The molecule has 45 heavy (non-hydrogen) atoms. The van der Waals surface area contributed by atoms with E-state index in [1.54, 1.807) is 0 Å². The van der Waals surface area contributed by atoms with Gasteiger partial charge in [0.05, 0.1) is 31.4 Å². The molecule has 11 nitrogen and oxygen atoms in total. The van der Waals surface area contributed by atoms with E-state index in [4.69, 9.17) is 9.47 Å². The van der Waals surface area contributed by atoms with E-state index in [1.165, 1.54) is 25.4 Å². The maximum Gasteiger partial charge on any atom is 0.393 e. The number of nitrogens with one attached hydrogen (secondary N) is 3. The first-order chi connectivity index (χ1) is 21.4. The second-order valence-electron chi connectivity index (χ2n) is 10.5. The number of anilines is 1. The largest absolute Gasteiger partial charge is 0.466 e. The lowest BCUT2D eigenvalue weighted by Gasteiger charge is -2.36. The van der Waals surface area contributed by atoms with Crippen LogP contribution in [0.2, 0.25) is 0 Å². The lowest BCUT2D eigenvalue weighted by atomic mass is 9.93. The summed E-state index contributed by atoms with van der Waals surface area (Å²) in [6, 6.07) is 2.34. The van der Waals surface area contributed by atoms with Gasteiger partial charge in [-0.1, -0.05) is 6.07 Å². The van der Waals surface area contributed by atoms with Crippen LogP contribution in [-0.4, -0.2) is 87.1 Å². The number of hydrogen-bond donors (Lipinski definition) is 3. The smallest absolute Gasteiger partial charge is 0.393 e. The van der Waals surface area contributed by atoms with Gasteiger partial charge in [0.1, 0.15) is 11.9 Å². The molecule has 4 rings (SSSR count). The molecular formula is C29H33F5N6O5. The number of methoxy groups -OCH3 is 2. The quantitative estimate of drug-likeness (QED) is 0.205. The number of imide groups is 1. The fourth-order valence-electron chi connectivity index (χ4n) is 5.30. The molecular weight excluding hydrogens is 607 g/mol. The molecule has 0 aliphatic carbocycles. The molecule has 3 heterocycles. The van der Waals surface area contributed by atoms with Crippen molar-refractivity contribution in [3.05, 3.63) is 70.6 Å². The summed E-state index contributed by atoms with van der Waals surface area (Å²) in [6.07, 6.45) is -2.63. The molecule has 4 amide bonds. The summed E-state index contributed by atoms with van der Waals surface area (Å²) < 4.78 is 76.3. The number of esters is 1. The number of nitrogens with zero attached hydrogens (tertiary/aromatic N) is 3. The van der Waals surface area contributed by atoms with Crippen molar-refractivity contribution in [2.45, 2.75) is 37.5 Å². The monoisotopic (exact) mass is 640 g/mol. The molecule has 2 aliphatic heterocycles. The predicted molar refractivity (Wildman–Crippen MR) is 151 cm³/mol. The standard InChI is InChI=1S/C29H33F5N6O5/c1-44-16-22-24(26(41)45-2)25(18-3-4-20(30)21(31)14-18)40(28(43)38-22)27(42)37-10-9-35-19-6-11-39(12-7-19)23-13-17(5-8-36-23)15-29(32,33)34/h3-5,8,13-14,19,25,35H,6-7,9-12,15-16H2,1-2H3,(H,37,42)(H,38,43). The van der Waals surface area contributed by atoms with E-state index in [0.29, 0.717) is 43.2 Å². The van der Waals surface area contributed by atoms with Gasteiger partial charge in [-0.05, 0) is 48.2 Å². The number of ether oxygens (including phenoxy) is 2. The molecule has 0 radical (unpaired) electrons. The molecule has 2 aliphatic rings. The highest BCUT2D eigenvalue weighted by atomic mass is 19.4. The number of rotatable bonds is 10. The minimum Gasteiger partial charge on any atom is -0.466 e. The van der Waals surface area contributed by atoms with Crippen LogP contribution in [0, 0.1) is 11.6 Å². The van der Waals surface area contributed by atoms with Crippen LogP contribution in [0.25, 0.3) is 0 Å². The zero-order chi connectivity index (χ0) is 32.7. The zero-order valence-corrected chi connectivity index (χ0v) is 24.5. The fraction of sp³-hybridized carbons (Fsp3) is 0.448. The fourth-order valence-corrected chi connectivity index (χ4v) is 5.30. The third kappa shape index (κ3) is 8.45. The number of benzene rings is 1. The second kappa shape index (κ2) is 14.6. The maximum atomic E-state index is 14.2. The van der Waals surface area contributed by atoms with E-state index in [0.717, 1.165) is 25.3 Å². The van der Waals surface area contributed by atoms with Crippen molar-refractivity contribution in [1.82, 2.24) is 25.8 Å². The topological polar surface area (TPSA) is 125 Å². The van der Waals surface area contributed by atoms with E-state index in [1.807, 2.05) is 4.90 Å².